The van der Waals surface area contributed by atoms with Crippen LogP contribution in [0.5, 0.6) is 11.5 Å². The maximum absolute atomic E-state index is 12.9. The van der Waals surface area contributed by atoms with E-state index in [1.165, 1.54) is 12.0 Å². The van der Waals surface area contributed by atoms with Gasteiger partial charge in [-0.2, -0.15) is 0 Å². The van der Waals surface area contributed by atoms with Crippen LogP contribution in [0.4, 0.5) is 5.69 Å². The van der Waals surface area contributed by atoms with E-state index in [2.05, 4.69) is 10.6 Å². The lowest BCUT2D eigenvalue weighted by atomic mass is 10.2. The summed E-state index contributed by atoms with van der Waals surface area (Å²) in [5, 5.41) is 5.23. The minimum Gasteiger partial charge on any atom is -0.497 e. The second kappa shape index (κ2) is 13.0. The van der Waals surface area contributed by atoms with E-state index in [0.717, 1.165) is 0 Å². The fraction of sp³-hybridized carbons (Fsp3) is 0.348. The predicted molar refractivity (Wildman–Crippen MR) is 120 cm³/mol. The summed E-state index contributed by atoms with van der Waals surface area (Å²) in [4.78, 5) is 38.9. The van der Waals surface area contributed by atoms with Gasteiger partial charge in [0.15, 0.2) is 0 Å². The summed E-state index contributed by atoms with van der Waals surface area (Å²) in [7, 11) is 4.65. The van der Waals surface area contributed by atoms with E-state index in [4.69, 9.17) is 14.2 Å². The molecule has 9 heteroatoms. The average molecular weight is 444 g/mol. The van der Waals surface area contributed by atoms with Gasteiger partial charge in [0.1, 0.15) is 11.5 Å². The van der Waals surface area contributed by atoms with Gasteiger partial charge in [-0.15, -0.1) is 0 Å². The van der Waals surface area contributed by atoms with E-state index >= 15 is 0 Å². The van der Waals surface area contributed by atoms with Gasteiger partial charge in [-0.05, 0) is 48.9 Å². The number of methoxy groups -OCH3 is 3. The molecule has 0 bridgehead atoms. The molecule has 0 aliphatic carbocycles. The quantitative estimate of drug-likeness (QED) is 0.486. The molecule has 0 aromatic heterocycles. The summed E-state index contributed by atoms with van der Waals surface area (Å²) in [6.45, 7) is 0.378. The van der Waals surface area contributed by atoms with Crippen LogP contribution in [-0.2, 0) is 14.3 Å². The van der Waals surface area contributed by atoms with E-state index in [1.807, 2.05) is 0 Å². The summed E-state index contributed by atoms with van der Waals surface area (Å²) in [5.41, 5.74) is 0.992. The standard InChI is InChI=1S/C23H29N3O6/c1-30-13-5-12-26(23(29)17-6-4-7-20(14-17)32-3)16-22(28)24-15-21(27)25-18-8-10-19(31-2)11-9-18/h4,6-11,14H,5,12-13,15-16H2,1-3H3,(H,24,28)(H,25,27). The number of nitrogens with zero attached hydrogens (tertiary/aromatic N) is 1. The topological polar surface area (TPSA) is 106 Å². The molecule has 0 unspecified atom stereocenters. The van der Waals surface area contributed by atoms with Gasteiger partial charge in [-0.25, -0.2) is 0 Å². The Morgan fingerprint density at radius 3 is 2.28 bits per heavy atom. The molecule has 0 saturated carbocycles. The van der Waals surface area contributed by atoms with Crippen LogP contribution in [0.1, 0.15) is 16.8 Å². The largest absolute Gasteiger partial charge is 0.497 e. The molecule has 0 radical (unpaired) electrons. The normalized spacial score (nSPS) is 10.2. The summed E-state index contributed by atoms with van der Waals surface area (Å²) in [6.07, 6.45) is 0.567. The van der Waals surface area contributed by atoms with Crippen molar-refractivity contribution in [2.45, 2.75) is 6.42 Å². The zero-order valence-electron chi connectivity index (χ0n) is 18.6. The smallest absolute Gasteiger partial charge is 0.254 e. The third-order valence-corrected chi connectivity index (χ3v) is 4.53. The Hall–Kier alpha value is -3.59. The lowest BCUT2D eigenvalue weighted by Crippen LogP contribution is -2.43. The second-order valence-corrected chi connectivity index (χ2v) is 6.86. The van der Waals surface area contributed by atoms with E-state index in [9.17, 15) is 14.4 Å². The number of carbonyl (C=O) groups excluding carboxylic acids is 3. The van der Waals surface area contributed by atoms with Crippen LogP contribution in [0.15, 0.2) is 48.5 Å². The fourth-order valence-corrected chi connectivity index (χ4v) is 2.88. The zero-order valence-corrected chi connectivity index (χ0v) is 18.6. The van der Waals surface area contributed by atoms with Gasteiger partial charge in [0.05, 0.1) is 27.3 Å². The van der Waals surface area contributed by atoms with E-state index in [1.54, 1.807) is 62.8 Å². The van der Waals surface area contributed by atoms with Crippen LogP contribution in [0, 0.1) is 0 Å². The Morgan fingerprint density at radius 1 is 0.906 bits per heavy atom. The van der Waals surface area contributed by atoms with Crippen LogP contribution < -0.4 is 20.1 Å². The van der Waals surface area contributed by atoms with Crippen molar-refractivity contribution in [2.24, 2.45) is 0 Å². The molecule has 0 saturated heterocycles. The Kier molecular flexibility index (Phi) is 9.99. The van der Waals surface area contributed by atoms with E-state index in [0.29, 0.717) is 42.3 Å². The number of ether oxygens (including phenoxy) is 3. The molecule has 2 N–H and O–H groups in total. The first-order chi connectivity index (χ1) is 15.5. The molecule has 172 valence electrons. The average Bonchev–Trinajstić information content (AvgIpc) is 2.82. The molecule has 0 heterocycles. The fourth-order valence-electron chi connectivity index (χ4n) is 2.88. The highest BCUT2D eigenvalue weighted by Gasteiger charge is 2.19. The van der Waals surface area contributed by atoms with Crippen molar-refractivity contribution in [3.8, 4) is 11.5 Å². The molecule has 0 aliphatic heterocycles. The number of amides is 3. The maximum atomic E-state index is 12.9. The Morgan fingerprint density at radius 2 is 1.62 bits per heavy atom. The van der Waals surface area contributed by atoms with Gasteiger partial charge in [0, 0.05) is 31.5 Å². The van der Waals surface area contributed by atoms with Crippen molar-refractivity contribution >= 4 is 23.4 Å². The minimum absolute atomic E-state index is 0.185. The van der Waals surface area contributed by atoms with Crippen molar-refractivity contribution in [1.82, 2.24) is 10.2 Å². The molecule has 2 aromatic rings. The third kappa shape index (κ3) is 7.92. The number of hydrogen-bond donors (Lipinski definition) is 2. The van der Waals surface area contributed by atoms with E-state index < -0.39 is 5.91 Å². The van der Waals surface area contributed by atoms with Crippen molar-refractivity contribution < 1.29 is 28.6 Å². The number of rotatable bonds is 12. The summed E-state index contributed by atoms with van der Waals surface area (Å²) >= 11 is 0. The Labute approximate surface area is 187 Å². The summed E-state index contributed by atoms with van der Waals surface area (Å²) < 4.78 is 15.3. The molecule has 32 heavy (non-hydrogen) atoms. The van der Waals surface area contributed by atoms with E-state index in [-0.39, 0.29) is 24.9 Å². The van der Waals surface area contributed by atoms with Gasteiger partial charge in [0.2, 0.25) is 11.8 Å². The van der Waals surface area contributed by atoms with Crippen LogP contribution >= 0.6 is 0 Å². The molecule has 9 nitrogen and oxygen atoms in total. The van der Waals surface area contributed by atoms with Crippen LogP contribution in [0.3, 0.4) is 0 Å². The van der Waals surface area contributed by atoms with Crippen molar-refractivity contribution in [3.05, 3.63) is 54.1 Å². The SMILES string of the molecule is COCCCN(CC(=O)NCC(=O)Nc1ccc(OC)cc1)C(=O)c1cccc(OC)c1. The lowest BCUT2D eigenvalue weighted by molar-refractivity contribution is -0.124. The lowest BCUT2D eigenvalue weighted by Gasteiger charge is -2.22. The van der Waals surface area contributed by atoms with Crippen LogP contribution in [-0.4, -0.2) is 70.2 Å². The highest BCUT2D eigenvalue weighted by molar-refractivity contribution is 5.98. The van der Waals surface area contributed by atoms with Crippen molar-refractivity contribution in [3.63, 3.8) is 0 Å². The zero-order chi connectivity index (χ0) is 23.3. The van der Waals surface area contributed by atoms with Gasteiger partial charge in [0.25, 0.3) is 5.91 Å². The monoisotopic (exact) mass is 443 g/mol. The Bertz CT molecular complexity index is 901. The number of benzene rings is 2. The van der Waals surface area contributed by atoms with Gasteiger partial charge < -0.3 is 29.7 Å². The maximum Gasteiger partial charge on any atom is 0.254 e. The van der Waals surface area contributed by atoms with Crippen LogP contribution in [0.25, 0.3) is 0 Å². The van der Waals surface area contributed by atoms with Crippen LogP contribution in [0.2, 0.25) is 0 Å². The molecule has 2 rings (SSSR count). The number of hydrogen-bond acceptors (Lipinski definition) is 6. The first kappa shape index (κ1) is 24.7. The molecular weight excluding hydrogens is 414 g/mol. The van der Waals surface area contributed by atoms with Gasteiger partial charge >= 0.3 is 0 Å². The van der Waals surface area contributed by atoms with Gasteiger partial charge in [-0.3, -0.25) is 14.4 Å². The predicted octanol–water partition coefficient (Wildman–Crippen LogP) is 1.94. The molecule has 0 atom stereocenters. The minimum atomic E-state index is -0.441. The van der Waals surface area contributed by atoms with Crippen molar-refractivity contribution in [2.75, 3.05) is 52.9 Å². The molecule has 0 fully saturated rings. The Balaban J connectivity index is 1.93. The molecule has 3 amide bonds. The summed E-state index contributed by atoms with van der Waals surface area (Å²) in [6, 6.07) is 13.6. The first-order valence-corrected chi connectivity index (χ1v) is 10.1. The van der Waals surface area contributed by atoms with Crippen molar-refractivity contribution in [1.29, 1.82) is 0 Å². The second-order valence-electron chi connectivity index (χ2n) is 6.86. The molecule has 2 aromatic carbocycles. The highest BCUT2D eigenvalue weighted by atomic mass is 16.5. The highest BCUT2D eigenvalue weighted by Crippen LogP contribution is 2.15. The molecular formula is C23H29N3O6. The number of nitrogens with one attached hydrogen (secondary N) is 2. The first-order valence-electron chi connectivity index (χ1n) is 10.1. The number of carbonyl (C=O) groups is 3. The summed E-state index contributed by atoms with van der Waals surface area (Å²) in [5.74, 6) is 0.0906. The molecule has 0 spiro atoms. The number of anilines is 1. The van der Waals surface area contributed by atoms with Gasteiger partial charge in [-0.1, -0.05) is 6.07 Å². The third-order valence-electron chi connectivity index (χ3n) is 4.53. The molecule has 0 aliphatic rings.